The van der Waals surface area contributed by atoms with Gasteiger partial charge in [-0.15, -0.1) is 11.3 Å². The number of nitrogen functional groups attached to an aromatic ring is 1. The van der Waals surface area contributed by atoms with Gasteiger partial charge in [-0.05, 0) is 6.07 Å². The second-order valence-corrected chi connectivity index (χ2v) is 6.13. The van der Waals surface area contributed by atoms with Crippen molar-refractivity contribution in [2.24, 2.45) is 5.84 Å². The van der Waals surface area contributed by atoms with E-state index in [0.717, 1.165) is 5.69 Å². The van der Waals surface area contributed by atoms with Crippen LogP contribution in [0, 0.1) is 0 Å². The first kappa shape index (κ1) is 13.9. The summed E-state index contributed by atoms with van der Waals surface area (Å²) in [5, 5.41) is 1.89. The molecule has 9 heteroatoms. The molecule has 0 amide bonds. The molecule has 0 saturated carbocycles. The minimum atomic E-state index is -3.56. The van der Waals surface area contributed by atoms with Crippen molar-refractivity contribution < 1.29 is 8.42 Å². The fourth-order valence-electron chi connectivity index (χ4n) is 1.42. The van der Waals surface area contributed by atoms with Crippen LogP contribution in [0.15, 0.2) is 34.1 Å². The molecule has 19 heavy (non-hydrogen) atoms. The van der Waals surface area contributed by atoms with E-state index in [1.54, 1.807) is 5.51 Å². The van der Waals surface area contributed by atoms with E-state index in [4.69, 9.17) is 5.84 Å². The SMILES string of the molecule is NNc1cc(S(=O)(=O)NCCc2cscn2)ccn1. The van der Waals surface area contributed by atoms with Crippen LogP contribution in [0.3, 0.4) is 0 Å². The first-order valence-corrected chi connectivity index (χ1v) is 7.84. The maximum Gasteiger partial charge on any atom is 0.240 e. The Bertz CT molecular complexity index is 627. The van der Waals surface area contributed by atoms with Gasteiger partial charge in [-0.2, -0.15) is 0 Å². The van der Waals surface area contributed by atoms with Gasteiger partial charge in [0.15, 0.2) is 0 Å². The molecule has 0 aliphatic carbocycles. The highest BCUT2D eigenvalue weighted by Gasteiger charge is 2.14. The molecule has 0 radical (unpaired) electrons. The van der Waals surface area contributed by atoms with Crippen LogP contribution in [0.2, 0.25) is 0 Å². The van der Waals surface area contributed by atoms with E-state index in [1.165, 1.54) is 29.7 Å². The molecule has 0 bridgehead atoms. The van der Waals surface area contributed by atoms with E-state index in [9.17, 15) is 8.42 Å². The van der Waals surface area contributed by atoms with Crippen LogP contribution < -0.4 is 16.0 Å². The largest absolute Gasteiger partial charge is 0.308 e. The molecule has 0 unspecified atom stereocenters. The number of sulfonamides is 1. The predicted octanol–water partition coefficient (Wildman–Crippen LogP) is 0.345. The summed E-state index contributed by atoms with van der Waals surface area (Å²) in [6.45, 7) is 0.291. The minimum Gasteiger partial charge on any atom is -0.308 e. The summed E-state index contributed by atoms with van der Waals surface area (Å²) in [6, 6.07) is 2.77. The van der Waals surface area contributed by atoms with Crippen LogP contribution in [0.1, 0.15) is 5.69 Å². The number of nitrogens with two attached hydrogens (primary N) is 1. The Morgan fingerprint density at radius 3 is 2.89 bits per heavy atom. The van der Waals surface area contributed by atoms with E-state index in [-0.39, 0.29) is 4.90 Å². The number of nitrogens with one attached hydrogen (secondary N) is 2. The number of hydrazine groups is 1. The lowest BCUT2D eigenvalue weighted by molar-refractivity contribution is 0.581. The highest BCUT2D eigenvalue weighted by atomic mass is 32.2. The highest BCUT2D eigenvalue weighted by Crippen LogP contribution is 2.11. The highest BCUT2D eigenvalue weighted by molar-refractivity contribution is 7.89. The summed E-state index contributed by atoms with van der Waals surface area (Å²) in [7, 11) is -3.56. The molecule has 7 nitrogen and oxygen atoms in total. The fraction of sp³-hybridized carbons (Fsp3) is 0.200. The lowest BCUT2D eigenvalue weighted by atomic mass is 10.3. The lowest BCUT2D eigenvalue weighted by Gasteiger charge is -2.07. The molecule has 4 N–H and O–H groups in total. The van der Waals surface area contributed by atoms with Gasteiger partial charge >= 0.3 is 0 Å². The molecule has 0 fully saturated rings. The van der Waals surface area contributed by atoms with Crippen molar-refractivity contribution >= 4 is 27.2 Å². The Kier molecular flexibility index (Phi) is 4.43. The second kappa shape index (κ2) is 6.06. The zero-order valence-electron chi connectivity index (χ0n) is 9.91. The molecule has 2 aromatic heterocycles. The van der Waals surface area contributed by atoms with Crippen molar-refractivity contribution in [2.45, 2.75) is 11.3 Å². The Morgan fingerprint density at radius 2 is 2.21 bits per heavy atom. The van der Waals surface area contributed by atoms with E-state index in [1.807, 2.05) is 5.38 Å². The molecular weight excluding hydrogens is 286 g/mol. The average Bonchev–Trinajstić information content (AvgIpc) is 2.92. The van der Waals surface area contributed by atoms with Gasteiger partial charge in [-0.3, -0.25) is 0 Å². The van der Waals surface area contributed by atoms with Crippen molar-refractivity contribution in [3.63, 3.8) is 0 Å². The second-order valence-electron chi connectivity index (χ2n) is 3.65. The van der Waals surface area contributed by atoms with Crippen LogP contribution in [-0.4, -0.2) is 24.9 Å². The summed E-state index contributed by atoms with van der Waals surface area (Å²) in [5.74, 6) is 5.49. The summed E-state index contributed by atoms with van der Waals surface area (Å²) >= 11 is 1.48. The van der Waals surface area contributed by atoms with Gasteiger partial charge in [0.1, 0.15) is 5.82 Å². The number of thiazole rings is 1. The zero-order valence-corrected chi connectivity index (χ0v) is 11.5. The Balaban J connectivity index is 2.01. The van der Waals surface area contributed by atoms with Gasteiger partial charge in [-0.25, -0.2) is 29.0 Å². The van der Waals surface area contributed by atoms with Crippen LogP contribution in [0.4, 0.5) is 5.82 Å². The fourth-order valence-corrected chi connectivity index (χ4v) is 3.05. The average molecular weight is 299 g/mol. The van der Waals surface area contributed by atoms with Crippen LogP contribution in [0.5, 0.6) is 0 Å². The number of hydrogen-bond donors (Lipinski definition) is 3. The van der Waals surface area contributed by atoms with E-state index in [2.05, 4.69) is 20.1 Å². The topological polar surface area (TPSA) is 110 Å². The number of pyridine rings is 1. The summed E-state index contributed by atoms with van der Waals surface area (Å²) in [6.07, 6.45) is 1.93. The summed E-state index contributed by atoms with van der Waals surface area (Å²) in [4.78, 5) is 8.06. The molecule has 0 atom stereocenters. The first-order valence-electron chi connectivity index (χ1n) is 5.41. The number of rotatable bonds is 6. The maximum absolute atomic E-state index is 12.0. The molecule has 2 heterocycles. The lowest BCUT2D eigenvalue weighted by Crippen LogP contribution is -2.26. The molecule has 0 aromatic carbocycles. The van der Waals surface area contributed by atoms with E-state index >= 15 is 0 Å². The zero-order chi connectivity index (χ0) is 13.7. The number of hydrogen-bond acceptors (Lipinski definition) is 7. The number of anilines is 1. The molecule has 0 aliphatic heterocycles. The monoisotopic (exact) mass is 299 g/mol. The summed E-state index contributed by atoms with van der Waals surface area (Å²) in [5.41, 5.74) is 4.89. The van der Waals surface area contributed by atoms with E-state index < -0.39 is 10.0 Å². The number of aromatic nitrogens is 2. The van der Waals surface area contributed by atoms with Crippen LogP contribution in [0.25, 0.3) is 0 Å². The van der Waals surface area contributed by atoms with Gasteiger partial charge in [0.25, 0.3) is 0 Å². The molecule has 0 aliphatic rings. The molecular formula is C10H13N5O2S2. The van der Waals surface area contributed by atoms with Crippen LogP contribution >= 0.6 is 11.3 Å². The smallest absolute Gasteiger partial charge is 0.240 e. The van der Waals surface area contributed by atoms with Crippen molar-refractivity contribution in [1.29, 1.82) is 0 Å². The quantitative estimate of drug-likeness (QED) is 0.524. The summed E-state index contributed by atoms with van der Waals surface area (Å²) < 4.78 is 26.5. The standard InChI is InChI=1S/C10H13N5O2S2/c11-15-10-5-9(2-3-12-10)19(16,17)14-4-1-8-6-18-7-13-8/h2-3,5-7,14H,1,4,11H2,(H,12,15). The van der Waals surface area contributed by atoms with Gasteiger partial charge in [0.2, 0.25) is 10.0 Å². The maximum atomic E-state index is 12.0. The van der Waals surface area contributed by atoms with Gasteiger partial charge in [-0.1, -0.05) is 0 Å². The molecule has 0 saturated heterocycles. The van der Waals surface area contributed by atoms with Gasteiger partial charge < -0.3 is 5.43 Å². The van der Waals surface area contributed by atoms with Gasteiger partial charge in [0.05, 0.1) is 16.1 Å². The Hall–Kier alpha value is -1.55. The molecule has 2 rings (SSSR count). The van der Waals surface area contributed by atoms with E-state index in [0.29, 0.717) is 18.8 Å². The van der Waals surface area contributed by atoms with Gasteiger partial charge in [0, 0.05) is 30.6 Å². The predicted molar refractivity (Wildman–Crippen MR) is 73.1 cm³/mol. The third-order valence-electron chi connectivity index (χ3n) is 2.35. The minimum absolute atomic E-state index is 0.119. The normalized spacial score (nSPS) is 11.4. The van der Waals surface area contributed by atoms with Crippen molar-refractivity contribution in [3.05, 3.63) is 34.9 Å². The number of nitrogens with zero attached hydrogens (tertiary/aromatic N) is 2. The Labute approximate surface area is 114 Å². The van der Waals surface area contributed by atoms with Crippen molar-refractivity contribution in [1.82, 2.24) is 14.7 Å². The molecule has 2 aromatic rings. The van der Waals surface area contributed by atoms with Crippen molar-refractivity contribution in [3.8, 4) is 0 Å². The molecule has 102 valence electrons. The third kappa shape index (κ3) is 3.70. The first-order chi connectivity index (χ1) is 9.12. The Morgan fingerprint density at radius 1 is 1.37 bits per heavy atom. The third-order valence-corrected chi connectivity index (χ3v) is 4.44. The van der Waals surface area contributed by atoms with Crippen LogP contribution in [-0.2, 0) is 16.4 Å². The van der Waals surface area contributed by atoms with Crippen molar-refractivity contribution in [2.75, 3.05) is 12.0 Å². The molecule has 0 spiro atoms.